The van der Waals surface area contributed by atoms with Gasteiger partial charge in [-0.2, -0.15) is 0 Å². The minimum absolute atomic E-state index is 0.530. The summed E-state index contributed by atoms with van der Waals surface area (Å²) in [6, 6.07) is 5.73. The van der Waals surface area contributed by atoms with Gasteiger partial charge in [-0.25, -0.2) is 9.97 Å². The van der Waals surface area contributed by atoms with Gasteiger partial charge >= 0.3 is 0 Å². The molecule has 0 bridgehead atoms. The Kier molecular flexibility index (Phi) is 2.26. The van der Waals surface area contributed by atoms with Gasteiger partial charge in [0.15, 0.2) is 0 Å². The van der Waals surface area contributed by atoms with Gasteiger partial charge in [0, 0.05) is 6.20 Å². The van der Waals surface area contributed by atoms with E-state index in [0.717, 1.165) is 27.2 Å². The highest BCUT2D eigenvalue weighted by Crippen LogP contribution is 2.25. The summed E-state index contributed by atoms with van der Waals surface area (Å²) in [5.41, 5.74) is 11.2. The first-order chi connectivity index (χ1) is 8.24. The third-order valence-corrected chi connectivity index (χ3v) is 3.34. The molecule has 0 aliphatic rings. The molecule has 0 saturated carbocycles. The number of nitrogens with two attached hydrogens (primary N) is 1. The van der Waals surface area contributed by atoms with E-state index < -0.39 is 0 Å². The number of nitrogens with zero attached hydrogens (tertiary/aromatic N) is 3. The molecule has 2 N–H and O–H groups in total. The van der Waals surface area contributed by atoms with Crippen LogP contribution in [0.4, 0.5) is 5.82 Å². The smallest absolute Gasteiger partial charge is 0.124 e. The number of hydrogen-bond acceptors (Lipinski definition) is 5. The number of aromatic nitrogens is 3. The van der Waals surface area contributed by atoms with E-state index in [2.05, 4.69) is 15.0 Å². The quantitative estimate of drug-likeness (QED) is 0.712. The lowest BCUT2D eigenvalue weighted by atomic mass is 10.2. The number of hydrogen-bond donors (Lipinski definition) is 1. The normalized spacial score (nSPS) is 10.9. The van der Waals surface area contributed by atoms with E-state index in [1.807, 2.05) is 31.3 Å². The molecule has 0 radical (unpaired) electrons. The highest BCUT2D eigenvalue weighted by Gasteiger charge is 2.06. The lowest BCUT2D eigenvalue weighted by Gasteiger charge is -2.04. The summed E-state index contributed by atoms with van der Waals surface area (Å²) < 4.78 is 0. The van der Waals surface area contributed by atoms with Gasteiger partial charge in [0.1, 0.15) is 5.82 Å². The zero-order chi connectivity index (χ0) is 11.8. The second-order valence-electron chi connectivity index (χ2n) is 3.79. The van der Waals surface area contributed by atoms with E-state index in [0.29, 0.717) is 5.82 Å². The van der Waals surface area contributed by atoms with E-state index in [-0.39, 0.29) is 0 Å². The van der Waals surface area contributed by atoms with Crippen LogP contribution < -0.4 is 5.73 Å². The topological polar surface area (TPSA) is 64.7 Å². The Morgan fingerprint density at radius 3 is 2.88 bits per heavy atom. The Morgan fingerprint density at radius 2 is 2.12 bits per heavy atom. The number of pyridine rings is 2. The average molecular weight is 242 g/mol. The number of nitrogen functional groups attached to an aromatic ring is 1. The van der Waals surface area contributed by atoms with Crippen molar-refractivity contribution in [1.82, 2.24) is 15.0 Å². The van der Waals surface area contributed by atoms with Gasteiger partial charge in [-0.15, -0.1) is 11.3 Å². The SMILES string of the molecule is Cc1cc(N)nc2ccc(-c3cncs3)nc12. The molecule has 0 amide bonds. The molecule has 0 aliphatic heterocycles. The Balaban J connectivity index is 2.26. The van der Waals surface area contributed by atoms with Crippen molar-refractivity contribution in [1.29, 1.82) is 0 Å². The number of fused-ring (bicyclic) bond motifs is 1. The third kappa shape index (κ3) is 1.74. The number of thiazole rings is 1. The molecule has 0 unspecified atom stereocenters. The van der Waals surface area contributed by atoms with Gasteiger partial charge in [0.05, 0.1) is 27.1 Å². The zero-order valence-corrected chi connectivity index (χ0v) is 10.0. The molecule has 4 nitrogen and oxygen atoms in total. The van der Waals surface area contributed by atoms with Crippen LogP contribution >= 0.6 is 11.3 Å². The number of rotatable bonds is 1. The van der Waals surface area contributed by atoms with Gasteiger partial charge in [0.25, 0.3) is 0 Å². The number of anilines is 1. The molecular formula is C12H10N4S. The fourth-order valence-corrected chi connectivity index (χ4v) is 2.36. The molecule has 3 aromatic heterocycles. The Bertz CT molecular complexity index is 676. The van der Waals surface area contributed by atoms with E-state index in [1.54, 1.807) is 16.8 Å². The van der Waals surface area contributed by atoms with Crippen molar-refractivity contribution in [3.8, 4) is 10.6 Å². The highest BCUT2D eigenvalue weighted by atomic mass is 32.1. The third-order valence-electron chi connectivity index (χ3n) is 2.55. The monoisotopic (exact) mass is 242 g/mol. The fourth-order valence-electron chi connectivity index (χ4n) is 1.77. The van der Waals surface area contributed by atoms with Crippen molar-refractivity contribution in [3.63, 3.8) is 0 Å². The molecule has 3 rings (SSSR count). The van der Waals surface area contributed by atoms with Crippen LogP contribution in [0.3, 0.4) is 0 Å². The van der Waals surface area contributed by atoms with Crippen molar-refractivity contribution in [2.45, 2.75) is 6.92 Å². The van der Waals surface area contributed by atoms with Gasteiger partial charge in [-0.1, -0.05) is 0 Å². The largest absolute Gasteiger partial charge is 0.384 e. The maximum absolute atomic E-state index is 5.71. The van der Waals surface area contributed by atoms with Gasteiger partial charge in [0.2, 0.25) is 0 Å². The van der Waals surface area contributed by atoms with Crippen LogP contribution in [0.5, 0.6) is 0 Å². The molecular weight excluding hydrogens is 232 g/mol. The number of aryl methyl sites for hydroxylation is 1. The van der Waals surface area contributed by atoms with Crippen LogP contribution in [0.25, 0.3) is 21.6 Å². The summed E-state index contributed by atoms with van der Waals surface area (Å²) in [6.07, 6.45) is 1.82. The molecule has 0 spiro atoms. The summed E-state index contributed by atoms with van der Waals surface area (Å²) in [5.74, 6) is 0.530. The average Bonchev–Trinajstić information content (AvgIpc) is 2.82. The minimum atomic E-state index is 0.530. The molecule has 0 saturated heterocycles. The van der Waals surface area contributed by atoms with Crippen molar-refractivity contribution < 1.29 is 0 Å². The van der Waals surface area contributed by atoms with Crippen LogP contribution in [0.2, 0.25) is 0 Å². The molecule has 3 aromatic rings. The molecule has 5 heteroatoms. The molecule has 0 fully saturated rings. The van der Waals surface area contributed by atoms with Crippen LogP contribution in [0.1, 0.15) is 5.56 Å². The summed E-state index contributed by atoms with van der Waals surface area (Å²) in [5, 5.41) is 0. The van der Waals surface area contributed by atoms with E-state index in [4.69, 9.17) is 5.73 Å². The van der Waals surface area contributed by atoms with E-state index >= 15 is 0 Å². The lowest BCUT2D eigenvalue weighted by molar-refractivity contribution is 1.30. The van der Waals surface area contributed by atoms with Gasteiger partial charge in [-0.05, 0) is 30.7 Å². The summed E-state index contributed by atoms with van der Waals surface area (Å²) in [4.78, 5) is 14.0. The maximum atomic E-state index is 5.71. The molecule has 0 aliphatic carbocycles. The van der Waals surface area contributed by atoms with Crippen LogP contribution in [-0.2, 0) is 0 Å². The predicted molar refractivity (Wildman–Crippen MR) is 69.8 cm³/mol. The second kappa shape index (κ2) is 3.78. The maximum Gasteiger partial charge on any atom is 0.124 e. The highest BCUT2D eigenvalue weighted by molar-refractivity contribution is 7.13. The Morgan fingerprint density at radius 1 is 1.24 bits per heavy atom. The zero-order valence-electron chi connectivity index (χ0n) is 9.21. The van der Waals surface area contributed by atoms with Crippen molar-refractivity contribution in [2.24, 2.45) is 0 Å². The molecule has 84 valence electrons. The summed E-state index contributed by atoms with van der Waals surface area (Å²) in [7, 11) is 0. The first-order valence-corrected chi connectivity index (χ1v) is 6.05. The Hall–Kier alpha value is -2.01. The lowest BCUT2D eigenvalue weighted by Crippen LogP contribution is -1.94. The second-order valence-corrected chi connectivity index (χ2v) is 4.68. The fraction of sp³-hybridized carbons (Fsp3) is 0.0833. The van der Waals surface area contributed by atoms with Crippen molar-refractivity contribution in [2.75, 3.05) is 5.73 Å². The molecule has 0 aromatic carbocycles. The summed E-state index contributed by atoms with van der Waals surface area (Å²) >= 11 is 1.57. The van der Waals surface area contributed by atoms with Gasteiger partial charge in [-0.3, -0.25) is 4.98 Å². The van der Waals surface area contributed by atoms with Crippen LogP contribution in [-0.4, -0.2) is 15.0 Å². The molecule has 0 atom stereocenters. The van der Waals surface area contributed by atoms with Crippen LogP contribution in [0.15, 0.2) is 29.9 Å². The Labute approximate surface area is 102 Å². The predicted octanol–water partition coefficient (Wildman–Crippen LogP) is 2.64. The first kappa shape index (κ1) is 10.2. The summed E-state index contributed by atoms with van der Waals surface area (Å²) in [6.45, 7) is 1.99. The van der Waals surface area contributed by atoms with E-state index in [9.17, 15) is 0 Å². The van der Waals surface area contributed by atoms with Crippen LogP contribution in [0, 0.1) is 6.92 Å². The molecule has 17 heavy (non-hydrogen) atoms. The van der Waals surface area contributed by atoms with E-state index in [1.165, 1.54) is 0 Å². The standard InChI is InChI=1S/C12H10N4S/c1-7-4-11(13)15-9-3-2-8(16-12(7)9)10-5-14-6-17-10/h2-6H,1H3,(H2,13,15). The first-order valence-electron chi connectivity index (χ1n) is 5.17. The minimum Gasteiger partial charge on any atom is -0.384 e. The molecule has 3 heterocycles. The van der Waals surface area contributed by atoms with Crippen molar-refractivity contribution >= 4 is 28.2 Å². The van der Waals surface area contributed by atoms with Crippen molar-refractivity contribution in [3.05, 3.63) is 35.5 Å². The van der Waals surface area contributed by atoms with Gasteiger partial charge < -0.3 is 5.73 Å².